The summed E-state index contributed by atoms with van der Waals surface area (Å²) in [5, 5.41) is 1.02. The molecule has 1 N–H and O–H groups in total. The van der Waals surface area contributed by atoms with Gasteiger partial charge in [0.05, 0.1) is 5.41 Å². The van der Waals surface area contributed by atoms with E-state index in [2.05, 4.69) is 5.43 Å². The van der Waals surface area contributed by atoms with Gasteiger partial charge < -0.3 is 0 Å². The van der Waals surface area contributed by atoms with Gasteiger partial charge in [-0.1, -0.05) is 45.0 Å². The van der Waals surface area contributed by atoms with Crippen LogP contribution in [0, 0.1) is 5.41 Å². The number of nitrogens with one attached hydrogen (secondary N) is 1. The average molecular weight is 328 g/mol. The summed E-state index contributed by atoms with van der Waals surface area (Å²) in [5.74, 6) is -0.389. The van der Waals surface area contributed by atoms with Crippen molar-refractivity contribution < 1.29 is 18.0 Å². The van der Waals surface area contributed by atoms with Crippen LogP contribution in [-0.2, 0) is 10.2 Å². The van der Waals surface area contributed by atoms with Gasteiger partial charge in [0.1, 0.15) is 6.04 Å². The molecule has 0 saturated carbocycles. The molecule has 128 valence electrons. The van der Waals surface area contributed by atoms with Crippen LogP contribution in [0.15, 0.2) is 24.3 Å². The Bertz CT molecular complexity index is 603. The molecule has 2 rings (SSSR count). The van der Waals surface area contributed by atoms with Crippen LogP contribution in [0.4, 0.5) is 13.2 Å². The standard InChI is InChI=1S/C17H23F3N2O/c1-15(2,3)12-9-7-6-8-11(12)13(17(18,19)20)22-10-16(4,5)14(23)21-22/h6-9,13H,10H2,1-5H3,(H,21,23)/t13-/m0/s1. The second kappa shape index (κ2) is 5.51. The van der Waals surface area contributed by atoms with E-state index in [0.29, 0.717) is 5.56 Å². The molecular formula is C17H23F3N2O. The fourth-order valence-electron chi connectivity index (χ4n) is 2.91. The molecule has 0 radical (unpaired) electrons. The van der Waals surface area contributed by atoms with Gasteiger partial charge in [-0.3, -0.25) is 10.2 Å². The van der Waals surface area contributed by atoms with Gasteiger partial charge in [-0.2, -0.15) is 13.2 Å². The molecule has 1 amide bonds. The molecule has 1 aliphatic heterocycles. The van der Waals surface area contributed by atoms with Crippen molar-refractivity contribution in [2.75, 3.05) is 6.54 Å². The normalized spacial score (nSPS) is 20.4. The van der Waals surface area contributed by atoms with Crippen molar-refractivity contribution in [1.29, 1.82) is 0 Å². The lowest BCUT2D eigenvalue weighted by Gasteiger charge is -2.34. The van der Waals surface area contributed by atoms with E-state index in [1.807, 2.05) is 20.8 Å². The third-order valence-corrected chi connectivity index (χ3v) is 4.11. The Balaban J connectivity index is 2.53. The SMILES string of the molecule is CC1(C)CN([C@@H](c2ccccc2C(C)(C)C)C(F)(F)F)NC1=O. The predicted octanol–water partition coefficient (Wildman–Crippen LogP) is 3.96. The highest BCUT2D eigenvalue weighted by Crippen LogP contribution is 2.43. The summed E-state index contributed by atoms with van der Waals surface area (Å²) >= 11 is 0. The highest BCUT2D eigenvalue weighted by atomic mass is 19.4. The number of alkyl halides is 3. The first-order valence-corrected chi connectivity index (χ1v) is 7.58. The van der Waals surface area contributed by atoms with Gasteiger partial charge in [0.25, 0.3) is 0 Å². The van der Waals surface area contributed by atoms with Crippen molar-refractivity contribution >= 4 is 5.91 Å². The molecule has 1 atom stereocenters. The number of hydrogen-bond donors (Lipinski definition) is 1. The molecule has 0 aliphatic carbocycles. The third-order valence-electron chi connectivity index (χ3n) is 4.11. The zero-order valence-electron chi connectivity index (χ0n) is 14.1. The first kappa shape index (κ1) is 17.8. The second-order valence-corrected chi connectivity index (χ2v) is 7.73. The fourth-order valence-corrected chi connectivity index (χ4v) is 2.91. The summed E-state index contributed by atoms with van der Waals surface area (Å²) in [7, 11) is 0. The number of amides is 1. The van der Waals surface area contributed by atoms with E-state index in [9.17, 15) is 18.0 Å². The molecule has 0 unspecified atom stereocenters. The quantitative estimate of drug-likeness (QED) is 0.891. The maximum Gasteiger partial charge on any atom is 0.409 e. The molecule has 1 aromatic rings. The maximum absolute atomic E-state index is 13.8. The van der Waals surface area contributed by atoms with Gasteiger partial charge in [0.2, 0.25) is 5.91 Å². The van der Waals surface area contributed by atoms with Gasteiger partial charge >= 0.3 is 6.18 Å². The number of halogens is 3. The zero-order chi connectivity index (χ0) is 17.6. The van der Waals surface area contributed by atoms with E-state index in [1.54, 1.807) is 32.0 Å². The molecule has 23 heavy (non-hydrogen) atoms. The van der Waals surface area contributed by atoms with Crippen LogP contribution in [0.3, 0.4) is 0 Å². The lowest BCUT2D eigenvalue weighted by molar-refractivity contribution is -0.191. The first-order chi connectivity index (χ1) is 10.3. The van der Waals surface area contributed by atoms with Crippen LogP contribution in [0.5, 0.6) is 0 Å². The minimum absolute atomic E-state index is 0.00842. The summed E-state index contributed by atoms with van der Waals surface area (Å²) in [6, 6.07) is 4.70. The summed E-state index contributed by atoms with van der Waals surface area (Å²) < 4.78 is 41.4. The maximum atomic E-state index is 13.8. The van der Waals surface area contributed by atoms with E-state index < -0.39 is 23.0 Å². The predicted molar refractivity (Wildman–Crippen MR) is 82.6 cm³/mol. The van der Waals surface area contributed by atoms with Crippen LogP contribution < -0.4 is 5.43 Å². The lowest BCUT2D eigenvalue weighted by Crippen LogP contribution is -2.44. The van der Waals surface area contributed by atoms with Crippen molar-refractivity contribution in [2.24, 2.45) is 5.41 Å². The minimum atomic E-state index is -4.49. The molecule has 1 saturated heterocycles. The number of rotatable bonds is 2. The number of hydrogen-bond acceptors (Lipinski definition) is 2. The van der Waals surface area contributed by atoms with Gasteiger partial charge in [0, 0.05) is 6.54 Å². The Morgan fingerprint density at radius 2 is 1.74 bits per heavy atom. The van der Waals surface area contributed by atoms with Crippen LogP contribution >= 0.6 is 0 Å². The van der Waals surface area contributed by atoms with Crippen LogP contribution in [0.25, 0.3) is 0 Å². The lowest BCUT2D eigenvalue weighted by atomic mass is 9.81. The Morgan fingerprint density at radius 1 is 1.17 bits per heavy atom. The van der Waals surface area contributed by atoms with E-state index in [4.69, 9.17) is 0 Å². The molecule has 0 aromatic heterocycles. The highest BCUT2D eigenvalue weighted by Gasteiger charge is 2.52. The molecule has 1 heterocycles. The van der Waals surface area contributed by atoms with Crippen molar-refractivity contribution in [3.8, 4) is 0 Å². The molecule has 3 nitrogen and oxygen atoms in total. The van der Waals surface area contributed by atoms with Crippen molar-refractivity contribution in [3.63, 3.8) is 0 Å². The Labute approximate surface area is 134 Å². The monoisotopic (exact) mass is 328 g/mol. The van der Waals surface area contributed by atoms with E-state index in [-0.39, 0.29) is 18.0 Å². The van der Waals surface area contributed by atoms with Crippen LogP contribution in [0.1, 0.15) is 51.8 Å². The molecule has 0 spiro atoms. The average Bonchev–Trinajstić information content (AvgIpc) is 2.61. The Morgan fingerprint density at radius 3 is 2.17 bits per heavy atom. The van der Waals surface area contributed by atoms with Crippen molar-refractivity contribution in [1.82, 2.24) is 10.4 Å². The third kappa shape index (κ3) is 3.52. The molecule has 6 heteroatoms. The smallest absolute Gasteiger partial charge is 0.287 e. The van der Waals surface area contributed by atoms with E-state index in [1.165, 1.54) is 6.07 Å². The van der Waals surface area contributed by atoms with Gasteiger partial charge in [-0.15, -0.1) is 0 Å². The largest absolute Gasteiger partial charge is 0.409 e. The van der Waals surface area contributed by atoms with Gasteiger partial charge in [0.15, 0.2) is 0 Å². The van der Waals surface area contributed by atoms with E-state index in [0.717, 1.165) is 5.01 Å². The molecule has 1 aromatic carbocycles. The number of nitrogens with zero attached hydrogens (tertiary/aromatic N) is 1. The summed E-state index contributed by atoms with van der Waals surface area (Å²) in [6.45, 7) is 8.94. The van der Waals surface area contributed by atoms with Crippen LogP contribution in [0.2, 0.25) is 0 Å². The second-order valence-electron chi connectivity index (χ2n) is 7.73. The number of benzene rings is 1. The fraction of sp³-hybridized carbons (Fsp3) is 0.588. The van der Waals surface area contributed by atoms with Gasteiger partial charge in [-0.05, 0) is 30.4 Å². The van der Waals surface area contributed by atoms with Crippen molar-refractivity contribution in [2.45, 2.75) is 52.3 Å². The van der Waals surface area contributed by atoms with Crippen LogP contribution in [-0.4, -0.2) is 23.6 Å². The molecular weight excluding hydrogens is 305 g/mol. The summed E-state index contributed by atoms with van der Waals surface area (Å²) in [6.07, 6.45) is -4.49. The molecule has 1 aliphatic rings. The summed E-state index contributed by atoms with van der Waals surface area (Å²) in [5.41, 5.74) is 1.94. The number of hydrazine groups is 1. The van der Waals surface area contributed by atoms with Gasteiger partial charge in [-0.25, -0.2) is 5.01 Å². The number of carbonyl (C=O) groups excluding carboxylic acids is 1. The minimum Gasteiger partial charge on any atom is -0.287 e. The molecule has 0 bridgehead atoms. The highest BCUT2D eigenvalue weighted by molar-refractivity contribution is 5.83. The zero-order valence-corrected chi connectivity index (χ0v) is 14.1. The summed E-state index contributed by atoms with van der Waals surface area (Å²) in [4.78, 5) is 11.9. The number of carbonyl (C=O) groups is 1. The Hall–Kier alpha value is -1.56. The molecule has 1 fully saturated rings. The first-order valence-electron chi connectivity index (χ1n) is 7.58. The van der Waals surface area contributed by atoms with E-state index >= 15 is 0 Å². The topological polar surface area (TPSA) is 32.3 Å². The Kier molecular flexibility index (Phi) is 4.26. The van der Waals surface area contributed by atoms with Crippen molar-refractivity contribution in [3.05, 3.63) is 35.4 Å².